The van der Waals surface area contributed by atoms with Gasteiger partial charge in [-0.3, -0.25) is 4.57 Å². The molecule has 5 nitrogen and oxygen atoms in total. The molecule has 0 aliphatic heterocycles. The third-order valence-corrected chi connectivity index (χ3v) is 14.0. The van der Waals surface area contributed by atoms with Crippen molar-refractivity contribution in [2.75, 3.05) is 0 Å². The van der Waals surface area contributed by atoms with Gasteiger partial charge in [0.15, 0.2) is 0 Å². The van der Waals surface area contributed by atoms with Gasteiger partial charge in [0.05, 0.1) is 33.5 Å². The average molecular weight is 1040 g/mol. The van der Waals surface area contributed by atoms with Crippen molar-refractivity contribution in [1.82, 2.24) is 24.5 Å². The Hall–Kier alpha value is -7.55. The first kappa shape index (κ1) is 42.8. The number of halogens is 3. The number of benzene rings is 10. The van der Waals surface area contributed by atoms with Crippen LogP contribution in [-0.4, -0.2) is 24.5 Å². The molecule has 0 saturated carbocycles. The normalized spacial score (nSPS) is 11.6. The zero-order valence-corrected chi connectivity index (χ0v) is 40.8. The van der Waals surface area contributed by atoms with E-state index < -0.39 is 0 Å². The number of rotatable bonds is 3. The van der Waals surface area contributed by atoms with E-state index in [9.17, 15) is 0 Å². The monoisotopic (exact) mass is 1030 g/mol. The lowest BCUT2D eigenvalue weighted by atomic mass is 10.0. The van der Waals surface area contributed by atoms with E-state index in [2.05, 4.69) is 216 Å². The van der Waals surface area contributed by atoms with E-state index in [4.69, 9.17) is 21.6 Å². The molecule has 10 aromatic carbocycles. The van der Waals surface area contributed by atoms with E-state index in [0.717, 1.165) is 86.9 Å². The van der Waals surface area contributed by atoms with Crippen LogP contribution in [0, 0.1) is 0 Å². The number of para-hydroxylation sites is 1. The Morgan fingerprint density at radius 3 is 1.59 bits per heavy atom. The van der Waals surface area contributed by atoms with Crippen LogP contribution < -0.4 is 0 Å². The lowest BCUT2D eigenvalue weighted by Crippen LogP contribution is -2.03. The molecule has 0 unspecified atom stereocenters. The summed E-state index contributed by atoms with van der Waals surface area (Å²) >= 11 is 13.3. The minimum Gasteiger partial charge on any atom is -0.278 e. The van der Waals surface area contributed by atoms with Crippen LogP contribution in [0.5, 0.6) is 0 Å². The van der Waals surface area contributed by atoms with Crippen LogP contribution in [0.2, 0.25) is 5.28 Å². The maximum Gasteiger partial charge on any atom is 0.235 e. The predicted molar refractivity (Wildman–Crippen MR) is 294 cm³/mol. The van der Waals surface area contributed by atoms with Gasteiger partial charge in [0.2, 0.25) is 11.2 Å². The molecule has 0 radical (unpaired) electrons. The first-order chi connectivity index (χ1) is 33.9. The molecule has 3 aromatic heterocycles. The first-order valence-corrected chi connectivity index (χ1v) is 24.6. The fourth-order valence-corrected chi connectivity index (χ4v) is 10.6. The second-order valence-electron chi connectivity index (χ2n) is 17.0. The summed E-state index contributed by atoms with van der Waals surface area (Å²) in [5, 5.41) is 9.25. The summed E-state index contributed by atoms with van der Waals surface area (Å²) in [6.07, 6.45) is 1.08. The Morgan fingerprint density at radius 2 is 0.899 bits per heavy atom. The van der Waals surface area contributed by atoms with Gasteiger partial charge in [0.25, 0.3) is 0 Å². The summed E-state index contributed by atoms with van der Waals surface area (Å²) in [6, 6.07) is 75.5. The minimum atomic E-state index is 0.276. The summed E-state index contributed by atoms with van der Waals surface area (Å²) in [5.74, 6) is 0.677. The molecule has 13 aromatic rings. The number of fused-ring (bicyclic) bond motifs is 12. The van der Waals surface area contributed by atoms with Crippen LogP contribution in [-0.2, 0) is 6.42 Å². The third kappa shape index (κ3) is 8.02. The Balaban J connectivity index is 0.000000119. The van der Waals surface area contributed by atoms with Crippen molar-refractivity contribution in [3.8, 4) is 39.6 Å². The Morgan fingerprint density at radius 1 is 0.377 bits per heavy atom. The van der Waals surface area contributed by atoms with Gasteiger partial charge in [-0.2, -0.15) is 0 Å². The van der Waals surface area contributed by atoms with Gasteiger partial charge >= 0.3 is 0 Å². The molecule has 3 heterocycles. The summed E-state index contributed by atoms with van der Waals surface area (Å²) in [6.45, 7) is 0. The third-order valence-electron chi connectivity index (χ3n) is 12.8. The Labute approximate surface area is 420 Å². The van der Waals surface area contributed by atoms with E-state index in [1.165, 1.54) is 38.4 Å². The standard InChI is InChI=1S/C30H18BrN3.C18H11ClN2.C13H9Br/c31-21-15-17-27-25(18-21)23-12-6-7-13-26(23)34(27)30-32-28(20-9-2-1-3-10-20)24-16-14-19-8-4-5-11-22(19)29(24)33-30;19-18-20-16(13-7-2-1-3-8-13)15-11-10-12-6-4-5-9-14(12)17(15)21-18;14-11-6-5-10-7-9-3-1-2-4-12(9)13(10)8-11/h1-18H;1-11H;1-6,8H,7H2. The van der Waals surface area contributed by atoms with Crippen LogP contribution >= 0.6 is 43.5 Å². The van der Waals surface area contributed by atoms with Gasteiger partial charge in [-0.15, -0.1) is 0 Å². The van der Waals surface area contributed by atoms with E-state index in [1.807, 2.05) is 48.5 Å². The highest BCUT2D eigenvalue weighted by Crippen LogP contribution is 2.39. The molecule has 1 aliphatic carbocycles. The zero-order chi connectivity index (χ0) is 46.4. The Kier molecular flexibility index (Phi) is 11.3. The van der Waals surface area contributed by atoms with Gasteiger partial charge in [0, 0.05) is 52.4 Å². The van der Waals surface area contributed by atoms with Crippen molar-refractivity contribution in [3.05, 3.63) is 244 Å². The highest BCUT2D eigenvalue weighted by atomic mass is 79.9. The summed E-state index contributed by atoms with van der Waals surface area (Å²) in [5.41, 5.74) is 13.6. The minimum absolute atomic E-state index is 0.276. The molecule has 0 bridgehead atoms. The molecule has 328 valence electrons. The van der Waals surface area contributed by atoms with E-state index in [0.29, 0.717) is 5.95 Å². The quantitative estimate of drug-likeness (QED) is 0.131. The highest BCUT2D eigenvalue weighted by molar-refractivity contribution is 9.10. The van der Waals surface area contributed by atoms with E-state index >= 15 is 0 Å². The second-order valence-corrected chi connectivity index (χ2v) is 19.1. The second kappa shape index (κ2) is 18.2. The average Bonchev–Trinajstić information content (AvgIpc) is 3.94. The van der Waals surface area contributed by atoms with Gasteiger partial charge in [-0.1, -0.05) is 202 Å². The van der Waals surface area contributed by atoms with Crippen LogP contribution in [0.4, 0.5) is 0 Å². The first-order valence-electron chi connectivity index (χ1n) is 22.7. The van der Waals surface area contributed by atoms with Crippen molar-refractivity contribution in [2.45, 2.75) is 6.42 Å². The zero-order valence-electron chi connectivity index (χ0n) is 36.9. The molecular formula is C61H38Br2ClN5. The lowest BCUT2D eigenvalue weighted by Gasteiger charge is -2.13. The lowest BCUT2D eigenvalue weighted by molar-refractivity contribution is 1.02. The van der Waals surface area contributed by atoms with Crippen LogP contribution in [0.25, 0.3) is 105 Å². The van der Waals surface area contributed by atoms with Gasteiger partial charge in [-0.05, 0) is 99.6 Å². The molecular weight excluding hydrogens is 998 g/mol. The summed E-state index contributed by atoms with van der Waals surface area (Å²) < 4.78 is 4.40. The number of aromatic nitrogens is 5. The van der Waals surface area contributed by atoms with Crippen molar-refractivity contribution < 1.29 is 0 Å². The molecule has 69 heavy (non-hydrogen) atoms. The van der Waals surface area contributed by atoms with Crippen LogP contribution in [0.15, 0.2) is 227 Å². The van der Waals surface area contributed by atoms with Gasteiger partial charge in [0.1, 0.15) is 0 Å². The Bertz CT molecular complexity index is 4100. The molecule has 0 fully saturated rings. The molecule has 1 aliphatic rings. The molecule has 0 N–H and O–H groups in total. The predicted octanol–water partition coefficient (Wildman–Crippen LogP) is 17.4. The molecule has 0 spiro atoms. The molecule has 0 atom stereocenters. The highest BCUT2D eigenvalue weighted by Gasteiger charge is 2.20. The summed E-state index contributed by atoms with van der Waals surface area (Å²) in [4.78, 5) is 19.3. The van der Waals surface area contributed by atoms with E-state index in [-0.39, 0.29) is 5.28 Å². The summed E-state index contributed by atoms with van der Waals surface area (Å²) in [7, 11) is 0. The number of nitrogens with zero attached hydrogens (tertiary/aromatic N) is 5. The van der Waals surface area contributed by atoms with Crippen molar-refractivity contribution in [1.29, 1.82) is 0 Å². The fraction of sp³-hybridized carbons (Fsp3) is 0.0164. The maximum atomic E-state index is 6.15. The largest absolute Gasteiger partial charge is 0.278 e. The van der Waals surface area contributed by atoms with Crippen LogP contribution in [0.1, 0.15) is 11.1 Å². The van der Waals surface area contributed by atoms with Crippen LogP contribution in [0.3, 0.4) is 0 Å². The SMILES string of the molecule is Brc1ccc2c(c1)-c1ccccc1C2.Brc1ccc2c(c1)c1ccccc1n2-c1nc(-c2ccccc2)c2ccc3ccccc3c2n1.Clc1nc(-c2ccccc2)c2ccc3ccccc3c2n1. The maximum absolute atomic E-state index is 6.15. The number of hydrogen-bond donors (Lipinski definition) is 0. The van der Waals surface area contributed by atoms with E-state index in [1.54, 1.807) is 0 Å². The molecule has 0 amide bonds. The molecule has 14 rings (SSSR count). The van der Waals surface area contributed by atoms with Crippen molar-refractivity contribution in [3.63, 3.8) is 0 Å². The molecule has 0 saturated heterocycles. The van der Waals surface area contributed by atoms with Crippen molar-refractivity contribution >= 4 is 109 Å². The number of hydrogen-bond acceptors (Lipinski definition) is 4. The molecule has 8 heteroatoms. The smallest absolute Gasteiger partial charge is 0.235 e. The van der Waals surface area contributed by atoms with Gasteiger partial charge in [-0.25, -0.2) is 19.9 Å². The van der Waals surface area contributed by atoms with Gasteiger partial charge < -0.3 is 0 Å². The topological polar surface area (TPSA) is 56.5 Å². The fourth-order valence-electron chi connectivity index (χ4n) is 9.68. The van der Waals surface area contributed by atoms with Crippen molar-refractivity contribution in [2.24, 2.45) is 0 Å².